The minimum absolute atomic E-state index is 1.28. The van der Waals surface area contributed by atoms with E-state index in [0.29, 0.717) is 0 Å². The van der Waals surface area contributed by atoms with Crippen molar-refractivity contribution < 1.29 is 4.57 Å². The summed E-state index contributed by atoms with van der Waals surface area (Å²) in [5.41, 5.74) is 9.30. The van der Waals surface area contributed by atoms with Gasteiger partial charge in [-0.3, -0.25) is 0 Å². The summed E-state index contributed by atoms with van der Waals surface area (Å²) in [5.74, 6) is 0. The van der Waals surface area contributed by atoms with Gasteiger partial charge in [-0.15, -0.1) is 0 Å². The maximum Gasteiger partial charge on any atom is 0.220 e. The lowest BCUT2D eigenvalue weighted by atomic mass is 9.94. The van der Waals surface area contributed by atoms with Crippen LogP contribution in [-0.2, 0) is 7.05 Å². The van der Waals surface area contributed by atoms with Crippen molar-refractivity contribution in [3.05, 3.63) is 64.3 Å². The first-order chi connectivity index (χ1) is 10.4. The fourth-order valence-corrected chi connectivity index (χ4v) is 3.31. The van der Waals surface area contributed by atoms with E-state index in [1.165, 1.54) is 50.0 Å². The van der Waals surface area contributed by atoms with Gasteiger partial charge in [-0.1, -0.05) is 29.3 Å². The molecule has 2 aromatic carbocycles. The van der Waals surface area contributed by atoms with Gasteiger partial charge in [0.1, 0.15) is 7.05 Å². The Morgan fingerprint density at radius 2 is 1.50 bits per heavy atom. The third-order valence-corrected chi connectivity index (χ3v) is 4.76. The molecule has 22 heavy (non-hydrogen) atoms. The van der Waals surface area contributed by atoms with Crippen molar-refractivity contribution in [2.45, 2.75) is 34.6 Å². The van der Waals surface area contributed by atoms with Crippen LogP contribution in [0.4, 0.5) is 0 Å². The Labute approximate surface area is 133 Å². The van der Waals surface area contributed by atoms with Gasteiger partial charge in [0.05, 0.1) is 10.9 Å². The van der Waals surface area contributed by atoms with Crippen LogP contribution in [0.25, 0.3) is 22.0 Å². The van der Waals surface area contributed by atoms with E-state index < -0.39 is 0 Å². The Balaban J connectivity index is 2.47. The molecule has 112 valence electrons. The number of aromatic nitrogens is 1. The zero-order valence-corrected chi connectivity index (χ0v) is 14.4. The summed E-state index contributed by atoms with van der Waals surface area (Å²) < 4.78 is 2.32. The summed E-state index contributed by atoms with van der Waals surface area (Å²) in [4.78, 5) is 0. The van der Waals surface area contributed by atoms with Crippen molar-refractivity contribution >= 4 is 10.8 Å². The molecule has 0 aliphatic heterocycles. The van der Waals surface area contributed by atoms with E-state index in [2.05, 4.69) is 82.6 Å². The minimum atomic E-state index is 1.28. The molecule has 0 N–H and O–H groups in total. The molecule has 1 heterocycles. The van der Waals surface area contributed by atoms with Gasteiger partial charge in [-0.2, -0.15) is 4.57 Å². The lowest BCUT2D eigenvalue weighted by Gasteiger charge is -2.13. The van der Waals surface area contributed by atoms with E-state index in [1.54, 1.807) is 0 Å². The molecule has 0 saturated carbocycles. The summed E-state index contributed by atoms with van der Waals surface area (Å²) in [6, 6.07) is 13.6. The molecule has 0 atom stereocenters. The highest BCUT2D eigenvalue weighted by atomic mass is 14.9. The van der Waals surface area contributed by atoms with Gasteiger partial charge >= 0.3 is 0 Å². The summed E-state index contributed by atoms with van der Waals surface area (Å²) in [5, 5.41) is 2.65. The van der Waals surface area contributed by atoms with E-state index in [-0.39, 0.29) is 0 Å². The van der Waals surface area contributed by atoms with Gasteiger partial charge in [0, 0.05) is 13.0 Å². The van der Waals surface area contributed by atoms with Crippen LogP contribution in [0.2, 0.25) is 0 Å². The van der Waals surface area contributed by atoms with Crippen LogP contribution in [0.5, 0.6) is 0 Å². The van der Waals surface area contributed by atoms with Crippen LogP contribution in [-0.4, -0.2) is 0 Å². The standard InChI is InChI=1S/C21H24N/c1-13-7-8-19-18(10-13)12-16(4)22(6)21(19)20-11-14(2)9-15(3)17(20)5/h7-12H,1-6H3/q+1. The van der Waals surface area contributed by atoms with Crippen LogP contribution >= 0.6 is 0 Å². The summed E-state index contributed by atoms with van der Waals surface area (Å²) in [7, 11) is 2.17. The maximum absolute atomic E-state index is 2.32. The Kier molecular flexibility index (Phi) is 3.52. The Bertz CT molecular complexity index is 888. The summed E-state index contributed by atoms with van der Waals surface area (Å²) in [6.07, 6.45) is 0. The number of benzene rings is 2. The van der Waals surface area contributed by atoms with Crippen LogP contribution in [0.1, 0.15) is 27.9 Å². The number of aryl methyl sites for hydroxylation is 4. The normalized spacial score (nSPS) is 11.2. The van der Waals surface area contributed by atoms with Crippen LogP contribution in [0.15, 0.2) is 36.4 Å². The zero-order chi connectivity index (χ0) is 16.0. The molecule has 0 radical (unpaired) electrons. The van der Waals surface area contributed by atoms with Gasteiger partial charge in [0.15, 0.2) is 5.69 Å². The molecule has 0 fully saturated rings. The molecule has 0 unspecified atom stereocenters. The van der Waals surface area contributed by atoms with Crippen molar-refractivity contribution in [2.24, 2.45) is 7.05 Å². The molecule has 1 heteroatoms. The second-order valence-electron chi connectivity index (χ2n) is 6.54. The number of hydrogen-bond donors (Lipinski definition) is 0. The summed E-state index contributed by atoms with van der Waals surface area (Å²) in [6.45, 7) is 10.9. The molecule has 0 saturated heterocycles. The fourth-order valence-electron chi connectivity index (χ4n) is 3.31. The highest BCUT2D eigenvalue weighted by molar-refractivity contribution is 5.94. The van der Waals surface area contributed by atoms with E-state index in [9.17, 15) is 0 Å². The molecule has 1 nitrogen and oxygen atoms in total. The van der Waals surface area contributed by atoms with Crippen molar-refractivity contribution in [3.63, 3.8) is 0 Å². The number of rotatable bonds is 1. The quantitative estimate of drug-likeness (QED) is 0.563. The smallest absolute Gasteiger partial charge is 0.198 e. The molecule has 3 rings (SSSR count). The van der Waals surface area contributed by atoms with Crippen molar-refractivity contribution in [3.8, 4) is 11.3 Å². The van der Waals surface area contributed by atoms with E-state index in [1.807, 2.05) is 0 Å². The Morgan fingerprint density at radius 1 is 0.773 bits per heavy atom. The first-order valence-electron chi connectivity index (χ1n) is 7.86. The van der Waals surface area contributed by atoms with E-state index in [0.717, 1.165) is 0 Å². The molecule has 0 bridgehead atoms. The second kappa shape index (κ2) is 5.24. The largest absolute Gasteiger partial charge is 0.220 e. The number of hydrogen-bond acceptors (Lipinski definition) is 0. The zero-order valence-electron chi connectivity index (χ0n) is 14.4. The Morgan fingerprint density at radius 3 is 2.23 bits per heavy atom. The predicted molar refractivity (Wildman–Crippen MR) is 94.2 cm³/mol. The third-order valence-electron chi connectivity index (χ3n) is 4.76. The van der Waals surface area contributed by atoms with E-state index >= 15 is 0 Å². The molecular formula is C21H24N+. The number of fused-ring (bicyclic) bond motifs is 1. The van der Waals surface area contributed by atoms with Gasteiger partial charge in [0.25, 0.3) is 0 Å². The first-order valence-corrected chi connectivity index (χ1v) is 7.86. The molecule has 1 aromatic heterocycles. The predicted octanol–water partition coefficient (Wildman–Crippen LogP) is 4.87. The topological polar surface area (TPSA) is 3.88 Å². The van der Waals surface area contributed by atoms with Gasteiger partial charge in [0.2, 0.25) is 5.69 Å². The van der Waals surface area contributed by atoms with Gasteiger partial charge in [-0.05, 0) is 56.3 Å². The van der Waals surface area contributed by atoms with Crippen molar-refractivity contribution in [1.29, 1.82) is 0 Å². The van der Waals surface area contributed by atoms with Crippen molar-refractivity contribution in [2.75, 3.05) is 0 Å². The molecular weight excluding hydrogens is 266 g/mol. The molecule has 0 aliphatic carbocycles. The number of pyridine rings is 1. The lowest BCUT2D eigenvalue weighted by molar-refractivity contribution is -0.665. The maximum atomic E-state index is 2.32. The minimum Gasteiger partial charge on any atom is -0.198 e. The van der Waals surface area contributed by atoms with Crippen LogP contribution in [0.3, 0.4) is 0 Å². The summed E-state index contributed by atoms with van der Waals surface area (Å²) >= 11 is 0. The number of nitrogens with zero attached hydrogens (tertiary/aromatic N) is 1. The van der Waals surface area contributed by atoms with Crippen LogP contribution in [0, 0.1) is 34.6 Å². The molecule has 0 aliphatic rings. The van der Waals surface area contributed by atoms with Crippen LogP contribution < -0.4 is 4.57 Å². The molecule has 0 amide bonds. The SMILES string of the molecule is Cc1cc(C)c(C)c(-c2c3ccc(C)cc3cc(C)[n+]2C)c1. The monoisotopic (exact) mass is 290 g/mol. The third kappa shape index (κ3) is 2.31. The van der Waals surface area contributed by atoms with Gasteiger partial charge in [-0.25, -0.2) is 0 Å². The Hall–Kier alpha value is -2.15. The highest BCUT2D eigenvalue weighted by Crippen LogP contribution is 2.31. The molecule has 0 spiro atoms. The lowest BCUT2D eigenvalue weighted by Crippen LogP contribution is -2.35. The van der Waals surface area contributed by atoms with Crippen molar-refractivity contribution in [1.82, 2.24) is 0 Å². The average molecular weight is 290 g/mol. The van der Waals surface area contributed by atoms with E-state index in [4.69, 9.17) is 0 Å². The first kappa shape index (κ1) is 14.8. The highest BCUT2D eigenvalue weighted by Gasteiger charge is 2.20. The molecule has 3 aromatic rings. The van der Waals surface area contributed by atoms with Gasteiger partial charge < -0.3 is 0 Å². The fraction of sp³-hybridized carbons (Fsp3) is 0.286. The second-order valence-corrected chi connectivity index (χ2v) is 6.54. The average Bonchev–Trinajstić information content (AvgIpc) is 2.45.